The average Bonchev–Trinajstić information content (AvgIpc) is 2.21. The molecule has 0 spiro atoms. The van der Waals surface area contributed by atoms with Gasteiger partial charge in [0.15, 0.2) is 0 Å². The second-order valence-electron chi connectivity index (χ2n) is 2.35. The molecule has 0 amide bonds. The van der Waals surface area contributed by atoms with Crippen molar-refractivity contribution in [2.75, 3.05) is 0 Å². The fourth-order valence-corrected chi connectivity index (χ4v) is 1.13. The first-order chi connectivity index (χ1) is 5.97. The summed E-state index contributed by atoms with van der Waals surface area (Å²) in [6, 6.07) is 16.7. The van der Waals surface area contributed by atoms with Crippen molar-refractivity contribution < 1.29 is 0 Å². The lowest BCUT2D eigenvalue weighted by Gasteiger charge is -1.92. The van der Waals surface area contributed by atoms with Crippen LogP contribution in [0.25, 0.3) is 10.8 Å². The van der Waals surface area contributed by atoms with E-state index in [1.165, 1.54) is 10.8 Å². The van der Waals surface area contributed by atoms with Crippen LogP contribution in [-0.4, -0.2) is 16.5 Å². The molecule has 2 N–H and O–H groups in total. The van der Waals surface area contributed by atoms with Crippen LogP contribution in [0.4, 0.5) is 0 Å². The smallest absolute Gasteiger partial charge is 0.316 e. The third-order valence-corrected chi connectivity index (χ3v) is 1.66. The molecule has 2 aromatic rings. The normalized spacial score (nSPS) is 8.75. The number of rotatable bonds is 0. The lowest BCUT2D eigenvalue weighted by atomic mass is 10.1. The lowest BCUT2D eigenvalue weighted by molar-refractivity contribution is 1.75. The number of benzene rings is 2. The van der Waals surface area contributed by atoms with Gasteiger partial charge in [0.1, 0.15) is 0 Å². The van der Waals surface area contributed by atoms with E-state index in [0.29, 0.717) is 0 Å². The molecule has 2 rings (SSSR count). The van der Waals surface area contributed by atoms with Crippen molar-refractivity contribution in [2.24, 2.45) is 4.72 Å². The van der Waals surface area contributed by atoms with Crippen molar-refractivity contribution in [3.05, 3.63) is 48.5 Å². The van der Waals surface area contributed by atoms with E-state index in [1.54, 1.807) is 0 Å². The molecule has 0 aliphatic rings. The monoisotopic (exact) mass is 173 g/mol. The molecule has 12 heavy (non-hydrogen) atoms. The first kappa shape index (κ1) is 9.28. The average molecular weight is 173 g/mol. The molecule has 0 unspecified atom stereocenters. The number of hydrogen-bond donors (Lipinski definition) is 1. The van der Waals surface area contributed by atoms with Crippen molar-refractivity contribution in [3.63, 3.8) is 0 Å². The van der Waals surface area contributed by atoms with E-state index in [-0.39, 0.29) is 0 Å². The minimum Gasteiger partial charge on any atom is -0.418 e. The summed E-state index contributed by atoms with van der Waals surface area (Å²) in [5.74, 6) is 0. The Balaban J connectivity index is 0.000000336. The minimum absolute atomic E-state index is 0.806. The van der Waals surface area contributed by atoms with Crippen LogP contribution >= 0.6 is 0 Å². The molecule has 0 aliphatic carbocycles. The summed E-state index contributed by atoms with van der Waals surface area (Å²) in [6.45, 7) is 0. The molecule has 60 valence electrons. The SMILES string of the molecule is [NH2][AlH2].c1ccc2ccccc2c1. The van der Waals surface area contributed by atoms with E-state index in [1.807, 2.05) is 0 Å². The molecule has 0 aliphatic heterocycles. The fourth-order valence-electron chi connectivity index (χ4n) is 1.13. The van der Waals surface area contributed by atoms with Gasteiger partial charge in [-0.3, -0.25) is 0 Å². The Bertz CT molecular complexity index is 281. The van der Waals surface area contributed by atoms with Gasteiger partial charge in [0.2, 0.25) is 0 Å². The van der Waals surface area contributed by atoms with Gasteiger partial charge in [0.25, 0.3) is 0 Å². The molecular weight excluding hydrogens is 161 g/mol. The van der Waals surface area contributed by atoms with E-state index in [0.717, 1.165) is 16.5 Å². The first-order valence-electron chi connectivity index (χ1n) is 3.98. The highest BCUT2D eigenvalue weighted by atomic mass is 27.1. The first-order valence-corrected chi connectivity index (χ1v) is 5.14. The predicted octanol–water partition coefficient (Wildman–Crippen LogP) is 1.33. The van der Waals surface area contributed by atoms with Gasteiger partial charge < -0.3 is 4.72 Å². The highest BCUT2D eigenvalue weighted by Gasteiger charge is 1.85. The maximum absolute atomic E-state index is 4.64. The number of hydrogen-bond acceptors (Lipinski definition) is 1. The molecule has 0 saturated heterocycles. The van der Waals surface area contributed by atoms with Gasteiger partial charge in [-0.2, -0.15) is 0 Å². The Hall–Kier alpha value is -0.808. The van der Waals surface area contributed by atoms with E-state index in [4.69, 9.17) is 0 Å². The van der Waals surface area contributed by atoms with E-state index >= 15 is 0 Å². The number of nitrogens with two attached hydrogens (primary N) is 1. The zero-order chi connectivity index (χ0) is 8.81. The van der Waals surface area contributed by atoms with Crippen molar-refractivity contribution in [1.82, 2.24) is 0 Å². The summed E-state index contributed by atoms with van der Waals surface area (Å²) < 4.78 is 4.64. The standard InChI is InChI=1S/C10H8.Al.H2N.2H/c1-2-6-10-8-4-3-7-9(10)5-1;;;;/h1-8H;;1H2;;/q;+1;-1;;. The maximum Gasteiger partial charge on any atom is 0.316 e. The van der Waals surface area contributed by atoms with Crippen molar-refractivity contribution in [2.45, 2.75) is 0 Å². The summed E-state index contributed by atoms with van der Waals surface area (Å²) in [4.78, 5) is 0. The van der Waals surface area contributed by atoms with Crippen molar-refractivity contribution in [3.8, 4) is 0 Å². The molecule has 0 saturated carbocycles. The van der Waals surface area contributed by atoms with E-state index < -0.39 is 0 Å². The van der Waals surface area contributed by atoms with Crippen LogP contribution in [0.3, 0.4) is 0 Å². The zero-order valence-electron chi connectivity index (χ0n) is 7.20. The fraction of sp³-hybridized carbons (Fsp3) is 0. The summed E-state index contributed by atoms with van der Waals surface area (Å²) in [6.07, 6.45) is 0. The Morgan fingerprint density at radius 1 is 0.667 bits per heavy atom. The highest BCUT2D eigenvalue weighted by molar-refractivity contribution is 6.02. The highest BCUT2D eigenvalue weighted by Crippen LogP contribution is 2.11. The van der Waals surface area contributed by atoms with Crippen LogP contribution in [0, 0.1) is 0 Å². The Kier molecular flexibility index (Phi) is 3.83. The van der Waals surface area contributed by atoms with Gasteiger partial charge >= 0.3 is 16.5 Å². The van der Waals surface area contributed by atoms with Gasteiger partial charge in [0.05, 0.1) is 0 Å². The Labute approximate surface area is 80.8 Å². The molecule has 0 heterocycles. The summed E-state index contributed by atoms with van der Waals surface area (Å²) in [5, 5.41) is 2.62. The third-order valence-electron chi connectivity index (χ3n) is 1.66. The molecule has 1 nitrogen and oxygen atoms in total. The number of fused-ring (bicyclic) bond motifs is 1. The van der Waals surface area contributed by atoms with Gasteiger partial charge in [-0.05, 0) is 10.8 Å². The van der Waals surface area contributed by atoms with Gasteiger partial charge in [-0.15, -0.1) is 0 Å². The zero-order valence-corrected chi connectivity index (χ0v) is 9.20. The molecule has 0 aromatic heterocycles. The van der Waals surface area contributed by atoms with Gasteiger partial charge in [0, 0.05) is 0 Å². The van der Waals surface area contributed by atoms with Crippen LogP contribution in [0.2, 0.25) is 0 Å². The van der Waals surface area contributed by atoms with E-state index in [9.17, 15) is 0 Å². The molecular formula is C10H12AlN. The van der Waals surface area contributed by atoms with Gasteiger partial charge in [-0.25, -0.2) is 0 Å². The maximum atomic E-state index is 4.64. The van der Waals surface area contributed by atoms with Crippen LogP contribution in [0.5, 0.6) is 0 Å². The molecule has 2 heteroatoms. The predicted molar refractivity (Wildman–Crippen MR) is 56.7 cm³/mol. The van der Waals surface area contributed by atoms with Crippen molar-refractivity contribution in [1.29, 1.82) is 0 Å². The largest absolute Gasteiger partial charge is 0.418 e. The summed E-state index contributed by atoms with van der Waals surface area (Å²) in [7, 11) is 0. The second-order valence-corrected chi connectivity index (χ2v) is 2.35. The minimum atomic E-state index is 0.806. The van der Waals surface area contributed by atoms with Crippen LogP contribution < -0.4 is 4.72 Å². The quantitative estimate of drug-likeness (QED) is 0.597. The second kappa shape index (κ2) is 4.95. The molecule has 0 radical (unpaired) electrons. The Morgan fingerprint density at radius 2 is 0.917 bits per heavy atom. The molecule has 2 aromatic carbocycles. The summed E-state index contributed by atoms with van der Waals surface area (Å²) in [5.41, 5.74) is 0. The lowest BCUT2D eigenvalue weighted by Crippen LogP contribution is -1.75. The van der Waals surface area contributed by atoms with Crippen LogP contribution in [-0.2, 0) is 0 Å². The van der Waals surface area contributed by atoms with Gasteiger partial charge in [-0.1, -0.05) is 48.5 Å². The topological polar surface area (TPSA) is 26.0 Å². The van der Waals surface area contributed by atoms with Crippen LogP contribution in [0.15, 0.2) is 48.5 Å². The van der Waals surface area contributed by atoms with E-state index in [2.05, 4.69) is 53.2 Å². The summed E-state index contributed by atoms with van der Waals surface area (Å²) >= 11 is 0.806. The van der Waals surface area contributed by atoms with Crippen LogP contribution in [0.1, 0.15) is 0 Å². The molecule has 0 fully saturated rings. The van der Waals surface area contributed by atoms with Crippen molar-refractivity contribution >= 4 is 27.3 Å². The molecule has 0 atom stereocenters. The third kappa shape index (κ3) is 2.09. The Morgan fingerprint density at radius 3 is 1.17 bits per heavy atom. The molecule has 0 bridgehead atoms.